The van der Waals surface area contributed by atoms with E-state index in [0.717, 1.165) is 8.19 Å². The summed E-state index contributed by atoms with van der Waals surface area (Å²) in [6, 6.07) is 41.5. The number of rotatable bonds is 0. The molecule has 134 valence electrons. The molecule has 0 nitrogen and oxygen atoms in total. The van der Waals surface area contributed by atoms with Crippen molar-refractivity contribution in [1.29, 1.82) is 0 Å². The molecule has 1 atom stereocenters. The van der Waals surface area contributed by atoms with Crippen LogP contribution < -0.4 is 24.8 Å². The Morgan fingerprint density at radius 3 is 0.846 bits per heavy atom. The summed E-state index contributed by atoms with van der Waals surface area (Å²) >= 11 is 0. The molecule has 0 amide bonds. The summed E-state index contributed by atoms with van der Waals surface area (Å²) in [5, 5.41) is 0. The van der Waals surface area contributed by atoms with Crippen molar-refractivity contribution < 1.29 is 46.5 Å². The minimum Gasteiger partial charge on any atom is -1.00 e. The van der Waals surface area contributed by atoms with Gasteiger partial charge in [-0.15, -0.1) is 0 Å². The zero-order valence-corrected chi connectivity index (χ0v) is 18.2. The molecule has 4 aromatic rings. The largest absolute Gasteiger partial charge is 2.00 e. The first-order chi connectivity index (χ1) is 11.5. The molecule has 4 rings (SSSR count). The minimum absolute atomic E-state index is 0. The molecule has 4 heteroatoms. The summed E-state index contributed by atoms with van der Waals surface area (Å²) in [4.78, 5) is 0. The van der Waals surface area contributed by atoms with Crippen LogP contribution >= 0.6 is 8.19 Å². The van der Waals surface area contributed by atoms with E-state index in [2.05, 4.69) is 29.8 Å². The van der Waals surface area contributed by atoms with Gasteiger partial charge in [0.2, 0.25) is 0 Å². The van der Waals surface area contributed by atoms with Crippen molar-refractivity contribution in [1.82, 2.24) is 0 Å². The standard InChI is InChI=1S/3C6H5.C4H4P.2ClH.Ti/c3*1-2-4-6-5-3-1;1-2-4-5-3-1;;;/h3*1-5H;1-3,5H;2*1H;/q4*-1;;;+2/p-2. The van der Waals surface area contributed by atoms with E-state index in [0.29, 0.717) is 0 Å². The Morgan fingerprint density at radius 1 is 0.423 bits per heavy atom. The van der Waals surface area contributed by atoms with Crippen molar-refractivity contribution in [3.8, 4) is 0 Å². The fraction of sp³-hybridized carbons (Fsp3) is 0. The minimum atomic E-state index is 0. The van der Waals surface area contributed by atoms with Gasteiger partial charge in [-0.25, -0.2) is 6.07 Å². The first-order valence-corrected chi connectivity index (χ1v) is 8.30. The molecule has 0 aliphatic heterocycles. The van der Waals surface area contributed by atoms with Gasteiger partial charge in [0, 0.05) is 0 Å². The van der Waals surface area contributed by atoms with Crippen molar-refractivity contribution in [3.05, 3.63) is 133 Å². The fourth-order valence-corrected chi connectivity index (χ4v) is 1.75. The van der Waals surface area contributed by atoms with Gasteiger partial charge in [-0.1, -0.05) is 0 Å². The number of benzene rings is 3. The second kappa shape index (κ2) is 26.0. The molecule has 0 fully saturated rings. The molecule has 0 aliphatic carbocycles. The van der Waals surface area contributed by atoms with Crippen LogP contribution in [0.15, 0.2) is 109 Å². The topological polar surface area (TPSA) is 0 Å². The molecule has 0 N–H and O–H groups in total. The quantitative estimate of drug-likeness (QED) is 0.271. The summed E-state index contributed by atoms with van der Waals surface area (Å²) in [6.45, 7) is 0. The second-order valence-electron chi connectivity index (χ2n) is 4.05. The van der Waals surface area contributed by atoms with E-state index in [1.165, 1.54) is 0 Å². The maximum atomic E-state index is 3.01. The van der Waals surface area contributed by atoms with E-state index in [-0.39, 0.29) is 46.5 Å². The molecule has 0 radical (unpaired) electrons. The van der Waals surface area contributed by atoms with Crippen LogP contribution in [-0.2, 0) is 21.7 Å². The van der Waals surface area contributed by atoms with E-state index in [9.17, 15) is 0 Å². The van der Waals surface area contributed by atoms with Crippen molar-refractivity contribution in [3.63, 3.8) is 0 Å². The van der Waals surface area contributed by atoms with E-state index in [4.69, 9.17) is 0 Å². The van der Waals surface area contributed by atoms with Crippen LogP contribution in [0.5, 0.6) is 0 Å². The summed E-state index contributed by atoms with van der Waals surface area (Å²) in [5.74, 6) is 5.11. The van der Waals surface area contributed by atoms with Gasteiger partial charge < -0.3 is 24.8 Å². The summed E-state index contributed by atoms with van der Waals surface area (Å²) in [7, 11) is 0.823. The average Bonchev–Trinajstić information content (AvgIpc) is 3.27. The Labute approximate surface area is 186 Å². The zero-order chi connectivity index (χ0) is 16.3. The Morgan fingerprint density at radius 2 is 0.769 bits per heavy atom. The van der Waals surface area contributed by atoms with Crippen LogP contribution in [0.2, 0.25) is 0 Å². The van der Waals surface area contributed by atoms with Gasteiger partial charge in [-0.05, 0) is 0 Å². The Hall–Kier alpha value is -1.27. The molecule has 0 bridgehead atoms. The van der Waals surface area contributed by atoms with Crippen LogP contribution in [0.4, 0.5) is 0 Å². The van der Waals surface area contributed by atoms with Crippen LogP contribution in [-0.4, -0.2) is 0 Å². The number of halogens is 2. The second-order valence-corrected chi connectivity index (χ2v) is 4.96. The van der Waals surface area contributed by atoms with E-state index < -0.39 is 0 Å². The Kier molecular flexibility index (Phi) is 29.5. The molecular formula is C22H19Cl2PTi-4. The smallest absolute Gasteiger partial charge is 1.00 e. The monoisotopic (exact) mass is 432 g/mol. The van der Waals surface area contributed by atoms with Crippen LogP contribution in [0.25, 0.3) is 0 Å². The van der Waals surface area contributed by atoms with Crippen molar-refractivity contribution >= 4 is 8.19 Å². The van der Waals surface area contributed by atoms with Gasteiger partial charge in [0.05, 0.1) is 0 Å². The van der Waals surface area contributed by atoms with Gasteiger partial charge in [0.1, 0.15) is 0 Å². The molecule has 1 aromatic heterocycles. The maximum Gasteiger partial charge on any atom is 2.00 e. The van der Waals surface area contributed by atoms with Crippen molar-refractivity contribution in [2.75, 3.05) is 0 Å². The van der Waals surface area contributed by atoms with E-state index in [1.807, 2.05) is 103 Å². The third kappa shape index (κ3) is 22.7. The third-order valence-electron chi connectivity index (χ3n) is 2.26. The summed E-state index contributed by atoms with van der Waals surface area (Å²) < 4.78 is 0. The molecule has 0 aliphatic rings. The Bertz CT molecular complexity index is 461. The predicted octanol–water partition coefficient (Wildman–Crippen LogP) is -0.0160. The first-order valence-electron chi connectivity index (χ1n) is 7.23. The SMILES string of the molecule is [Cl-].[Cl-].[Ti+2].[c-]1ccc[pH]1.[c-]1ccccc1.[c-]1ccccc1.[c-]1ccccc1. The summed E-state index contributed by atoms with van der Waals surface area (Å²) in [6.07, 6.45) is 0. The molecule has 1 unspecified atom stereocenters. The van der Waals surface area contributed by atoms with Crippen LogP contribution in [0, 0.1) is 24.0 Å². The van der Waals surface area contributed by atoms with Gasteiger partial charge in [0.15, 0.2) is 0 Å². The maximum absolute atomic E-state index is 3.01. The van der Waals surface area contributed by atoms with Crippen LogP contribution in [0.1, 0.15) is 0 Å². The molecule has 3 aromatic carbocycles. The third-order valence-corrected chi connectivity index (χ3v) is 2.96. The van der Waals surface area contributed by atoms with E-state index in [1.54, 1.807) is 0 Å². The zero-order valence-electron chi connectivity index (χ0n) is 14.1. The van der Waals surface area contributed by atoms with Gasteiger partial charge in [-0.2, -0.15) is 127 Å². The molecule has 1 heterocycles. The molecular weight excluding hydrogens is 414 g/mol. The van der Waals surface area contributed by atoms with Gasteiger partial charge in [0.25, 0.3) is 0 Å². The molecule has 0 saturated heterocycles. The summed E-state index contributed by atoms with van der Waals surface area (Å²) in [5.41, 5.74) is 0. The first kappa shape index (κ1) is 29.5. The number of hydrogen-bond acceptors (Lipinski definition) is 0. The average molecular weight is 433 g/mol. The van der Waals surface area contributed by atoms with Crippen molar-refractivity contribution in [2.24, 2.45) is 0 Å². The Balaban J connectivity index is -0.000000262. The van der Waals surface area contributed by atoms with Gasteiger partial charge >= 0.3 is 21.7 Å². The predicted molar refractivity (Wildman–Crippen MR) is 101 cm³/mol. The number of hydrogen-bond donors (Lipinski definition) is 0. The molecule has 0 spiro atoms. The van der Waals surface area contributed by atoms with Crippen LogP contribution in [0.3, 0.4) is 0 Å². The normalized spacial score (nSPS) is 7.38. The van der Waals surface area contributed by atoms with Gasteiger partial charge in [-0.3, -0.25) is 8.19 Å². The molecule has 0 saturated carbocycles. The van der Waals surface area contributed by atoms with Crippen molar-refractivity contribution in [2.45, 2.75) is 0 Å². The fourth-order valence-electron chi connectivity index (χ4n) is 1.27. The van der Waals surface area contributed by atoms with E-state index >= 15 is 0 Å². The molecule has 26 heavy (non-hydrogen) atoms.